The average molecular weight is 408 g/mol. The van der Waals surface area contributed by atoms with Gasteiger partial charge in [0.25, 0.3) is 5.91 Å². The van der Waals surface area contributed by atoms with Gasteiger partial charge in [-0.25, -0.2) is 4.52 Å². The molecule has 24 heavy (non-hydrogen) atoms. The number of nitrogens with one attached hydrogen (secondary N) is 1. The predicted octanol–water partition coefficient (Wildman–Crippen LogP) is 5.34. The highest BCUT2D eigenvalue weighted by molar-refractivity contribution is 9.11. The van der Waals surface area contributed by atoms with Gasteiger partial charge in [-0.1, -0.05) is 39.5 Å². The molecule has 0 aliphatic rings. The van der Waals surface area contributed by atoms with Crippen molar-refractivity contribution in [3.8, 4) is 0 Å². The Morgan fingerprint density at radius 3 is 2.79 bits per heavy atom. The molecule has 0 bridgehead atoms. The van der Waals surface area contributed by atoms with E-state index in [0.717, 1.165) is 26.3 Å². The second-order valence-corrected chi connectivity index (χ2v) is 9.11. The highest BCUT2D eigenvalue weighted by Gasteiger charge is 2.16. The maximum Gasteiger partial charge on any atom is 0.260 e. The molecule has 2 rings (SSSR count). The molecule has 0 fully saturated rings. The number of nitrogens with zero attached hydrogens (tertiary/aromatic N) is 2. The van der Waals surface area contributed by atoms with Crippen LogP contribution in [0.3, 0.4) is 0 Å². The van der Waals surface area contributed by atoms with E-state index in [0.29, 0.717) is 5.56 Å². The zero-order chi connectivity index (χ0) is 17.9. The van der Waals surface area contributed by atoms with Crippen molar-refractivity contribution in [3.63, 3.8) is 0 Å². The summed E-state index contributed by atoms with van der Waals surface area (Å²) in [6.07, 6.45) is 10.0. The second kappa shape index (κ2) is 7.49. The van der Waals surface area contributed by atoms with Crippen LogP contribution in [0, 0.1) is 5.41 Å². The summed E-state index contributed by atoms with van der Waals surface area (Å²) in [5.74, 6) is -0.164. The fourth-order valence-corrected chi connectivity index (χ4v) is 3.74. The summed E-state index contributed by atoms with van der Waals surface area (Å²) in [5.41, 5.74) is 2.57. The van der Waals surface area contributed by atoms with E-state index in [2.05, 4.69) is 53.7 Å². The molecule has 0 spiro atoms. The molecule has 0 unspecified atom stereocenters. The van der Waals surface area contributed by atoms with Crippen LogP contribution in [0.5, 0.6) is 0 Å². The largest absolute Gasteiger partial charge is 0.322 e. The van der Waals surface area contributed by atoms with Gasteiger partial charge in [0, 0.05) is 5.70 Å². The first kappa shape index (κ1) is 18.7. The second-order valence-electron chi connectivity index (χ2n) is 6.70. The molecular weight excluding hydrogens is 386 g/mol. The lowest BCUT2D eigenvalue weighted by Gasteiger charge is -2.19. The standard InChI is InChI=1S/C18H22BrN3OS/c1-6-12(9-18(3,4)5)8-13(7-2)21-16(23)14-10-20-22-11-15(19)24-17(14)22/h6-8,10-11H,1,9H2,2-5H3,(H,21,23)/b12-8+,13-7+. The maximum atomic E-state index is 12.6. The number of hydrogen-bond donors (Lipinski definition) is 1. The minimum atomic E-state index is -0.164. The average Bonchev–Trinajstić information content (AvgIpc) is 3.02. The number of fused-ring (bicyclic) bond motifs is 1. The monoisotopic (exact) mass is 407 g/mol. The van der Waals surface area contributed by atoms with E-state index in [-0.39, 0.29) is 11.3 Å². The summed E-state index contributed by atoms with van der Waals surface area (Å²) in [4.78, 5) is 13.4. The third kappa shape index (κ3) is 4.68. The Hall–Kier alpha value is -1.66. The Morgan fingerprint density at radius 2 is 2.21 bits per heavy atom. The molecule has 0 saturated carbocycles. The first-order valence-electron chi connectivity index (χ1n) is 7.67. The number of thiazole rings is 1. The highest BCUT2D eigenvalue weighted by atomic mass is 79.9. The van der Waals surface area contributed by atoms with E-state index in [1.165, 1.54) is 11.3 Å². The van der Waals surface area contributed by atoms with Crippen molar-refractivity contribution in [2.75, 3.05) is 0 Å². The first-order chi connectivity index (χ1) is 11.2. The van der Waals surface area contributed by atoms with Crippen LogP contribution in [-0.4, -0.2) is 15.5 Å². The molecule has 1 amide bonds. The van der Waals surface area contributed by atoms with Gasteiger partial charge in [-0.3, -0.25) is 4.79 Å². The van der Waals surface area contributed by atoms with E-state index in [9.17, 15) is 4.79 Å². The summed E-state index contributed by atoms with van der Waals surface area (Å²) in [6.45, 7) is 12.3. The van der Waals surface area contributed by atoms with Crippen molar-refractivity contribution in [2.45, 2.75) is 34.1 Å². The van der Waals surface area contributed by atoms with Crippen LogP contribution in [0.2, 0.25) is 0 Å². The van der Waals surface area contributed by atoms with Gasteiger partial charge in [-0.05, 0) is 46.3 Å². The first-order valence-corrected chi connectivity index (χ1v) is 9.28. The van der Waals surface area contributed by atoms with Crippen molar-refractivity contribution < 1.29 is 4.79 Å². The summed E-state index contributed by atoms with van der Waals surface area (Å²) in [7, 11) is 0. The lowest BCUT2D eigenvalue weighted by atomic mass is 9.87. The predicted molar refractivity (Wildman–Crippen MR) is 104 cm³/mol. The molecule has 4 nitrogen and oxygen atoms in total. The van der Waals surface area contributed by atoms with Gasteiger partial charge in [0.2, 0.25) is 0 Å². The van der Waals surface area contributed by atoms with Crippen LogP contribution < -0.4 is 5.32 Å². The van der Waals surface area contributed by atoms with Crippen molar-refractivity contribution in [3.05, 3.63) is 57.8 Å². The van der Waals surface area contributed by atoms with Gasteiger partial charge >= 0.3 is 0 Å². The molecule has 0 radical (unpaired) electrons. The van der Waals surface area contributed by atoms with Gasteiger partial charge in [0.15, 0.2) is 0 Å². The molecule has 1 N–H and O–H groups in total. The van der Waals surface area contributed by atoms with Crippen LogP contribution in [0.4, 0.5) is 0 Å². The van der Waals surface area contributed by atoms with Crippen LogP contribution in [-0.2, 0) is 0 Å². The number of carbonyl (C=O) groups is 1. The van der Waals surface area contributed by atoms with Crippen LogP contribution in [0.1, 0.15) is 44.5 Å². The topological polar surface area (TPSA) is 46.4 Å². The third-order valence-electron chi connectivity index (χ3n) is 3.32. The molecular formula is C18H22BrN3OS. The molecule has 0 aliphatic carbocycles. The number of carbonyl (C=O) groups excluding carboxylic acids is 1. The van der Waals surface area contributed by atoms with Gasteiger partial charge in [-0.2, -0.15) is 5.10 Å². The molecule has 2 heterocycles. The number of allylic oxidation sites excluding steroid dienone is 4. The Labute approximate surface area is 155 Å². The quantitative estimate of drug-likeness (QED) is 0.679. The van der Waals surface area contributed by atoms with Crippen molar-refractivity contribution in [1.29, 1.82) is 0 Å². The van der Waals surface area contributed by atoms with E-state index < -0.39 is 0 Å². The molecule has 2 aromatic heterocycles. The molecule has 2 aromatic rings. The van der Waals surface area contributed by atoms with Gasteiger partial charge < -0.3 is 5.32 Å². The molecule has 0 aliphatic heterocycles. The normalized spacial score (nSPS) is 13.4. The zero-order valence-electron chi connectivity index (χ0n) is 14.4. The summed E-state index contributed by atoms with van der Waals surface area (Å²) in [5, 5.41) is 7.16. The van der Waals surface area contributed by atoms with Crippen LogP contribution in [0.15, 0.2) is 52.3 Å². The summed E-state index contributed by atoms with van der Waals surface area (Å²) < 4.78 is 2.63. The minimum absolute atomic E-state index is 0.157. The van der Waals surface area contributed by atoms with E-state index >= 15 is 0 Å². The molecule has 0 saturated heterocycles. The Bertz CT molecular complexity index is 821. The Morgan fingerprint density at radius 1 is 1.50 bits per heavy atom. The van der Waals surface area contributed by atoms with Crippen LogP contribution >= 0.6 is 27.3 Å². The zero-order valence-corrected chi connectivity index (χ0v) is 16.8. The third-order valence-corrected chi connectivity index (χ3v) is 4.91. The van der Waals surface area contributed by atoms with Gasteiger partial charge in [-0.15, -0.1) is 11.3 Å². The van der Waals surface area contributed by atoms with E-state index in [4.69, 9.17) is 0 Å². The van der Waals surface area contributed by atoms with E-state index in [1.54, 1.807) is 10.7 Å². The molecule has 0 aromatic carbocycles. The maximum absolute atomic E-state index is 12.6. The number of amides is 1. The van der Waals surface area contributed by atoms with Gasteiger partial charge in [0.1, 0.15) is 4.83 Å². The highest BCUT2D eigenvalue weighted by Crippen LogP contribution is 2.27. The molecule has 6 heteroatoms. The number of aromatic nitrogens is 2. The minimum Gasteiger partial charge on any atom is -0.322 e. The number of hydrogen-bond acceptors (Lipinski definition) is 3. The van der Waals surface area contributed by atoms with Crippen LogP contribution in [0.25, 0.3) is 4.83 Å². The summed E-state index contributed by atoms with van der Waals surface area (Å²) >= 11 is 4.90. The van der Waals surface area contributed by atoms with Crippen molar-refractivity contribution in [1.82, 2.24) is 14.9 Å². The fraction of sp³-hybridized carbons (Fsp3) is 0.333. The lowest BCUT2D eigenvalue weighted by molar-refractivity contribution is 0.0969. The fourth-order valence-electron chi connectivity index (χ4n) is 2.30. The van der Waals surface area contributed by atoms with Crippen molar-refractivity contribution in [2.24, 2.45) is 5.41 Å². The smallest absolute Gasteiger partial charge is 0.260 e. The Kier molecular flexibility index (Phi) is 5.83. The van der Waals surface area contributed by atoms with Crippen molar-refractivity contribution >= 4 is 38.0 Å². The molecule has 128 valence electrons. The van der Waals surface area contributed by atoms with E-state index in [1.807, 2.05) is 31.3 Å². The number of halogens is 1. The van der Waals surface area contributed by atoms with Gasteiger partial charge in [0.05, 0.1) is 21.7 Å². The Balaban J connectivity index is 2.20. The summed E-state index contributed by atoms with van der Waals surface area (Å²) in [6, 6.07) is 0. The number of rotatable bonds is 5. The SMILES string of the molecule is C=C/C(=C\C(=C/C)NC(=O)c1cnn2cc(Br)sc12)CC(C)(C)C. The lowest BCUT2D eigenvalue weighted by Crippen LogP contribution is -2.21. The molecule has 0 atom stereocenters.